The fraction of sp³-hybridized carbons (Fsp3) is 0.316. The van der Waals surface area contributed by atoms with E-state index in [2.05, 4.69) is 34.6 Å². The summed E-state index contributed by atoms with van der Waals surface area (Å²) in [5.41, 5.74) is 3.70. The molecule has 0 radical (unpaired) electrons. The molecule has 0 fully saturated rings. The molecule has 130 valence electrons. The molecule has 25 heavy (non-hydrogen) atoms. The van der Waals surface area contributed by atoms with Crippen LogP contribution in [0.25, 0.3) is 0 Å². The Bertz CT molecular complexity index is 835. The molecule has 0 saturated heterocycles. The maximum atomic E-state index is 12.4. The standard InChI is InChI=1S/C19H23N5O/c1-3-7-17-10-18(23(2)22-17)19(25)20-11-16-12-21-24(14-16)13-15-8-5-4-6-9-15/h4-6,8-10,12,14H,3,7,11,13H2,1-2H3,(H,20,25). The Kier molecular flexibility index (Phi) is 5.28. The van der Waals surface area contributed by atoms with E-state index in [0.29, 0.717) is 12.2 Å². The van der Waals surface area contributed by atoms with E-state index in [-0.39, 0.29) is 5.91 Å². The number of aryl methyl sites for hydroxylation is 2. The molecular formula is C19H23N5O. The highest BCUT2D eigenvalue weighted by Gasteiger charge is 2.13. The molecule has 0 aliphatic rings. The molecular weight excluding hydrogens is 314 g/mol. The quantitative estimate of drug-likeness (QED) is 0.720. The van der Waals surface area contributed by atoms with Crippen molar-refractivity contribution in [2.24, 2.45) is 7.05 Å². The van der Waals surface area contributed by atoms with Gasteiger partial charge in [-0.1, -0.05) is 43.7 Å². The van der Waals surface area contributed by atoms with Crippen molar-refractivity contribution in [1.82, 2.24) is 24.9 Å². The highest BCUT2D eigenvalue weighted by Crippen LogP contribution is 2.07. The van der Waals surface area contributed by atoms with Crippen LogP contribution in [0.5, 0.6) is 0 Å². The van der Waals surface area contributed by atoms with Crippen molar-refractivity contribution < 1.29 is 4.79 Å². The van der Waals surface area contributed by atoms with Crippen molar-refractivity contribution in [1.29, 1.82) is 0 Å². The van der Waals surface area contributed by atoms with E-state index >= 15 is 0 Å². The first kappa shape index (κ1) is 17.0. The lowest BCUT2D eigenvalue weighted by Gasteiger charge is -2.03. The van der Waals surface area contributed by atoms with Crippen LogP contribution in [-0.2, 0) is 26.6 Å². The number of nitrogens with one attached hydrogen (secondary N) is 1. The summed E-state index contributed by atoms with van der Waals surface area (Å²) in [6, 6.07) is 12.0. The average Bonchev–Trinajstić information content (AvgIpc) is 3.20. The van der Waals surface area contributed by atoms with Gasteiger partial charge in [-0.05, 0) is 18.1 Å². The SMILES string of the molecule is CCCc1cc(C(=O)NCc2cnn(Cc3ccccc3)c2)n(C)n1. The number of hydrogen-bond donors (Lipinski definition) is 1. The molecule has 6 nitrogen and oxygen atoms in total. The lowest BCUT2D eigenvalue weighted by Crippen LogP contribution is -2.24. The third-order valence-corrected chi connectivity index (χ3v) is 4.00. The van der Waals surface area contributed by atoms with Gasteiger partial charge < -0.3 is 5.32 Å². The van der Waals surface area contributed by atoms with Gasteiger partial charge in [0.1, 0.15) is 5.69 Å². The first-order valence-electron chi connectivity index (χ1n) is 8.52. The van der Waals surface area contributed by atoms with Gasteiger partial charge in [-0.15, -0.1) is 0 Å². The summed E-state index contributed by atoms with van der Waals surface area (Å²) >= 11 is 0. The molecule has 0 aliphatic carbocycles. The number of hydrogen-bond acceptors (Lipinski definition) is 3. The van der Waals surface area contributed by atoms with Crippen molar-refractivity contribution in [3.8, 4) is 0 Å². The van der Waals surface area contributed by atoms with Gasteiger partial charge in [-0.2, -0.15) is 10.2 Å². The number of carbonyl (C=O) groups is 1. The van der Waals surface area contributed by atoms with Crippen molar-refractivity contribution >= 4 is 5.91 Å². The van der Waals surface area contributed by atoms with Crippen molar-refractivity contribution in [3.63, 3.8) is 0 Å². The van der Waals surface area contributed by atoms with Crippen LogP contribution in [0.4, 0.5) is 0 Å². The fourth-order valence-corrected chi connectivity index (χ4v) is 2.74. The fourth-order valence-electron chi connectivity index (χ4n) is 2.74. The maximum absolute atomic E-state index is 12.4. The molecule has 0 bridgehead atoms. The smallest absolute Gasteiger partial charge is 0.269 e. The van der Waals surface area contributed by atoms with Crippen LogP contribution in [0.3, 0.4) is 0 Å². The van der Waals surface area contributed by atoms with Gasteiger partial charge in [-0.25, -0.2) is 0 Å². The van der Waals surface area contributed by atoms with E-state index in [1.165, 1.54) is 5.56 Å². The second-order valence-corrected chi connectivity index (χ2v) is 6.11. The van der Waals surface area contributed by atoms with Crippen LogP contribution < -0.4 is 5.32 Å². The zero-order chi connectivity index (χ0) is 17.6. The molecule has 1 aromatic carbocycles. The predicted octanol–water partition coefficient (Wildman–Crippen LogP) is 2.55. The van der Waals surface area contributed by atoms with Crippen molar-refractivity contribution in [3.05, 3.63) is 71.3 Å². The third-order valence-electron chi connectivity index (χ3n) is 4.00. The van der Waals surface area contributed by atoms with E-state index in [1.54, 1.807) is 17.9 Å². The van der Waals surface area contributed by atoms with Crippen LogP contribution in [0, 0.1) is 0 Å². The van der Waals surface area contributed by atoms with Gasteiger partial charge in [-0.3, -0.25) is 14.2 Å². The number of nitrogens with zero attached hydrogens (tertiary/aromatic N) is 4. The first-order chi connectivity index (χ1) is 12.2. The van der Waals surface area contributed by atoms with Crippen molar-refractivity contribution in [2.45, 2.75) is 32.9 Å². The molecule has 3 aromatic rings. The second-order valence-electron chi connectivity index (χ2n) is 6.11. The van der Waals surface area contributed by atoms with Gasteiger partial charge >= 0.3 is 0 Å². The van der Waals surface area contributed by atoms with Gasteiger partial charge in [0.25, 0.3) is 5.91 Å². The van der Waals surface area contributed by atoms with Crippen LogP contribution in [0.2, 0.25) is 0 Å². The molecule has 1 N–H and O–H groups in total. The van der Waals surface area contributed by atoms with E-state index in [1.807, 2.05) is 35.1 Å². The first-order valence-corrected chi connectivity index (χ1v) is 8.52. The predicted molar refractivity (Wildman–Crippen MR) is 96.1 cm³/mol. The molecule has 2 aromatic heterocycles. The maximum Gasteiger partial charge on any atom is 0.269 e. The Morgan fingerprint density at radius 1 is 1.20 bits per heavy atom. The summed E-state index contributed by atoms with van der Waals surface area (Å²) < 4.78 is 3.51. The Labute approximate surface area is 147 Å². The molecule has 6 heteroatoms. The molecule has 0 saturated carbocycles. The average molecular weight is 337 g/mol. The number of aromatic nitrogens is 4. The Morgan fingerprint density at radius 3 is 2.76 bits per heavy atom. The minimum atomic E-state index is -0.117. The van der Waals surface area contributed by atoms with Crippen LogP contribution in [0.15, 0.2) is 48.8 Å². The van der Waals surface area contributed by atoms with Crippen LogP contribution in [-0.4, -0.2) is 25.5 Å². The number of amides is 1. The normalized spacial score (nSPS) is 10.8. The van der Waals surface area contributed by atoms with Crippen LogP contribution in [0.1, 0.15) is 40.7 Å². The summed E-state index contributed by atoms with van der Waals surface area (Å²) in [5.74, 6) is -0.117. The monoisotopic (exact) mass is 337 g/mol. The zero-order valence-corrected chi connectivity index (χ0v) is 14.6. The topological polar surface area (TPSA) is 64.7 Å². The molecule has 0 unspecified atom stereocenters. The molecule has 0 aliphatic heterocycles. The highest BCUT2D eigenvalue weighted by atomic mass is 16.2. The summed E-state index contributed by atoms with van der Waals surface area (Å²) in [5, 5.41) is 11.7. The molecule has 0 atom stereocenters. The van der Waals surface area contributed by atoms with Gasteiger partial charge in [0.15, 0.2) is 0 Å². The zero-order valence-electron chi connectivity index (χ0n) is 14.6. The van der Waals surface area contributed by atoms with E-state index in [4.69, 9.17) is 0 Å². The highest BCUT2D eigenvalue weighted by molar-refractivity contribution is 5.92. The minimum absolute atomic E-state index is 0.117. The lowest BCUT2D eigenvalue weighted by atomic mass is 10.2. The lowest BCUT2D eigenvalue weighted by molar-refractivity contribution is 0.0941. The van der Waals surface area contributed by atoms with Gasteiger partial charge in [0.2, 0.25) is 0 Å². The number of rotatable bonds is 7. The van der Waals surface area contributed by atoms with E-state index in [9.17, 15) is 4.79 Å². The van der Waals surface area contributed by atoms with Gasteiger partial charge in [0.05, 0.1) is 18.4 Å². The molecule has 0 spiro atoms. The number of carbonyl (C=O) groups excluding carboxylic acids is 1. The summed E-state index contributed by atoms with van der Waals surface area (Å²) in [6.07, 6.45) is 5.64. The third kappa shape index (κ3) is 4.35. The Hall–Kier alpha value is -2.89. The van der Waals surface area contributed by atoms with Gasteiger partial charge in [0, 0.05) is 25.4 Å². The minimum Gasteiger partial charge on any atom is -0.347 e. The Balaban J connectivity index is 1.57. The van der Waals surface area contributed by atoms with E-state index < -0.39 is 0 Å². The summed E-state index contributed by atoms with van der Waals surface area (Å²) in [4.78, 5) is 12.4. The summed E-state index contributed by atoms with van der Waals surface area (Å²) in [7, 11) is 1.80. The molecule has 2 heterocycles. The second kappa shape index (κ2) is 7.79. The Morgan fingerprint density at radius 2 is 2.00 bits per heavy atom. The largest absolute Gasteiger partial charge is 0.347 e. The van der Waals surface area contributed by atoms with Crippen molar-refractivity contribution in [2.75, 3.05) is 0 Å². The summed E-state index contributed by atoms with van der Waals surface area (Å²) in [6.45, 7) is 3.26. The molecule has 1 amide bonds. The van der Waals surface area contributed by atoms with Crippen LogP contribution >= 0.6 is 0 Å². The molecule has 3 rings (SSSR count). The van der Waals surface area contributed by atoms with E-state index in [0.717, 1.165) is 30.6 Å². The number of benzene rings is 1.